The summed E-state index contributed by atoms with van der Waals surface area (Å²) in [5, 5.41) is 28.1. The standard InChI is InChI=1S/C7H15NO3.C5H11NO2S/c1-2-4-8-6(3-5-9)7(10)11;1-9-3-2-4(6)5(7)8/h6,8-9H,2-5H2,1H3,(H,10,11);4H,2-3,6H2,1H3,(H,7,8)/t6-;4-/m00/s1. The van der Waals surface area contributed by atoms with Gasteiger partial charge in [-0.05, 0) is 37.8 Å². The first-order valence-corrected chi connectivity index (χ1v) is 7.84. The molecule has 7 nitrogen and oxygen atoms in total. The van der Waals surface area contributed by atoms with Crippen molar-refractivity contribution in [2.24, 2.45) is 5.73 Å². The minimum atomic E-state index is -0.913. The quantitative estimate of drug-likeness (QED) is 0.380. The van der Waals surface area contributed by atoms with Gasteiger partial charge < -0.3 is 26.4 Å². The van der Waals surface area contributed by atoms with Crippen LogP contribution in [0.15, 0.2) is 0 Å². The van der Waals surface area contributed by atoms with Gasteiger partial charge >= 0.3 is 11.9 Å². The van der Waals surface area contributed by atoms with Gasteiger partial charge in [0.2, 0.25) is 0 Å². The molecule has 120 valence electrons. The van der Waals surface area contributed by atoms with Gasteiger partial charge in [-0.2, -0.15) is 11.8 Å². The Morgan fingerprint density at radius 3 is 2.20 bits per heavy atom. The molecule has 0 rings (SSSR count). The smallest absolute Gasteiger partial charge is 0.320 e. The molecule has 0 aromatic rings. The summed E-state index contributed by atoms with van der Waals surface area (Å²) in [6.07, 6.45) is 3.65. The predicted molar refractivity (Wildman–Crippen MR) is 80.0 cm³/mol. The summed E-state index contributed by atoms with van der Waals surface area (Å²) in [6.45, 7) is 2.55. The summed E-state index contributed by atoms with van der Waals surface area (Å²) in [7, 11) is 0. The third-order valence-corrected chi connectivity index (χ3v) is 2.95. The fourth-order valence-electron chi connectivity index (χ4n) is 1.13. The molecule has 0 spiro atoms. The first-order valence-electron chi connectivity index (χ1n) is 6.45. The fraction of sp³-hybridized carbons (Fsp3) is 0.833. The van der Waals surface area contributed by atoms with Crippen LogP contribution in [-0.4, -0.2) is 64.5 Å². The third-order valence-electron chi connectivity index (χ3n) is 2.31. The summed E-state index contributed by atoms with van der Waals surface area (Å²) >= 11 is 1.60. The molecule has 0 aliphatic rings. The molecule has 0 bridgehead atoms. The average molecular weight is 310 g/mol. The van der Waals surface area contributed by atoms with Crippen LogP contribution < -0.4 is 11.1 Å². The second-order valence-electron chi connectivity index (χ2n) is 4.08. The molecule has 0 aliphatic heterocycles. The third kappa shape index (κ3) is 13.6. The summed E-state index contributed by atoms with van der Waals surface area (Å²) in [4.78, 5) is 20.5. The Kier molecular flexibility index (Phi) is 15.6. The maximum Gasteiger partial charge on any atom is 0.320 e. The Hall–Kier alpha value is -0.830. The Morgan fingerprint density at radius 2 is 1.85 bits per heavy atom. The van der Waals surface area contributed by atoms with E-state index >= 15 is 0 Å². The van der Waals surface area contributed by atoms with Gasteiger partial charge in [-0.25, -0.2) is 0 Å². The lowest BCUT2D eigenvalue weighted by molar-refractivity contribution is -0.140. The predicted octanol–water partition coefficient (Wildman–Crippen LogP) is -0.0270. The summed E-state index contributed by atoms with van der Waals surface area (Å²) in [6, 6.07) is -1.28. The van der Waals surface area contributed by atoms with E-state index in [9.17, 15) is 9.59 Å². The molecule has 0 radical (unpaired) electrons. The molecule has 0 saturated carbocycles. The van der Waals surface area contributed by atoms with E-state index in [-0.39, 0.29) is 13.0 Å². The second kappa shape index (κ2) is 14.6. The van der Waals surface area contributed by atoms with Crippen molar-refractivity contribution in [1.29, 1.82) is 0 Å². The Balaban J connectivity index is 0. The van der Waals surface area contributed by atoms with Crippen molar-refractivity contribution in [3.8, 4) is 0 Å². The highest BCUT2D eigenvalue weighted by Gasteiger charge is 2.14. The van der Waals surface area contributed by atoms with Crippen molar-refractivity contribution in [2.45, 2.75) is 38.3 Å². The van der Waals surface area contributed by atoms with Crippen molar-refractivity contribution in [3.05, 3.63) is 0 Å². The number of carboxylic acid groups (broad SMARTS) is 2. The number of nitrogens with one attached hydrogen (secondary N) is 1. The zero-order chi connectivity index (χ0) is 16.0. The number of aliphatic carboxylic acids is 2. The molecule has 0 aliphatic carbocycles. The largest absolute Gasteiger partial charge is 0.480 e. The van der Waals surface area contributed by atoms with Crippen LogP contribution in [0.1, 0.15) is 26.2 Å². The molecule has 0 amide bonds. The van der Waals surface area contributed by atoms with Gasteiger partial charge in [0.05, 0.1) is 0 Å². The van der Waals surface area contributed by atoms with E-state index in [1.54, 1.807) is 11.8 Å². The Morgan fingerprint density at radius 1 is 1.25 bits per heavy atom. The van der Waals surface area contributed by atoms with Crippen molar-refractivity contribution < 1.29 is 24.9 Å². The van der Waals surface area contributed by atoms with Crippen LogP contribution in [0, 0.1) is 0 Å². The average Bonchev–Trinajstić information content (AvgIpc) is 2.41. The van der Waals surface area contributed by atoms with Crippen LogP contribution in [0.4, 0.5) is 0 Å². The van der Waals surface area contributed by atoms with E-state index in [4.69, 9.17) is 21.1 Å². The normalized spacial score (nSPS) is 13.0. The zero-order valence-corrected chi connectivity index (χ0v) is 12.9. The highest BCUT2D eigenvalue weighted by molar-refractivity contribution is 7.98. The van der Waals surface area contributed by atoms with E-state index in [2.05, 4.69) is 5.32 Å². The number of thioether (sulfide) groups is 1. The molecule has 20 heavy (non-hydrogen) atoms. The number of rotatable bonds is 10. The molecule has 0 fully saturated rings. The van der Waals surface area contributed by atoms with Crippen LogP contribution in [-0.2, 0) is 9.59 Å². The molecule has 0 saturated heterocycles. The molecule has 0 aromatic heterocycles. The van der Waals surface area contributed by atoms with Gasteiger partial charge in [0.1, 0.15) is 12.1 Å². The highest BCUT2D eigenvalue weighted by atomic mass is 32.2. The maximum atomic E-state index is 10.4. The lowest BCUT2D eigenvalue weighted by Gasteiger charge is -2.11. The van der Waals surface area contributed by atoms with Crippen LogP contribution in [0.5, 0.6) is 0 Å². The Labute approximate surface area is 123 Å². The monoisotopic (exact) mass is 310 g/mol. The maximum absolute atomic E-state index is 10.4. The first kappa shape index (κ1) is 21.5. The Bertz CT molecular complexity index is 266. The zero-order valence-electron chi connectivity index (χ0n) is 12.0. The second-order valence-corrected chi connectivity index (χ2v) is 5.07. The molecule has 0 unspecified atom stereocenters. The van der Waals surface area contributed by atoms with Crippen LogP contribution >= 0.6 is 11.8 Å². The number of hydrogen-bond acceptors (Lipinski definition) is 6. The SMILES string of the molecule is CCCN[C@@H](CCO)C(=O)O.CSCC[C@H](N)C(=O)O. The molecule has 8 heteroatoms. The van der Waals surface area contributed by atoms with Gasteiger partial charge in [-0.15, -0.1) is 0 Å². The van der Waals surface area contributed by atoms with Gasteiger partial charge in [0.25, 0.3) is 0 Å². The molecule has 6 N–H and O–H groups in total. The van der Waals surface area contributed by atoms with E-state index < -0.39 is 24.0 Å². The summed E-state index contributed by atoms with van der Waals surface area (Å²) in [5.41, 5.74) is 5.19. The molecule has 2 atom stereocenters. The lowest BCUT2D eigenvalue weighted by atomic mass is 10.2. The van der Waals surface area contributed by atoms with E-state index in [1.165, 1.54) is 0 Å². The van der Waals surface area contributed by atoms with Crippen LogP contribution in [0.25, 0.3) is 0 Å². The minimum absolute atomic E-state index is 0.0896. The fourth-order valence-corrected chi connectivity index (χ4v) is 1.62. The van der Waals surface area contributed by atoms with E-state index in [1.807, 2.05) is 13.2 Å². The number of aliphatic hydroxyl groups is 1. The van der Waals surface area contributed by atoms with Crippen LogP contribution in [0.2, 0.25) is 0 Å². The van der Waals surface area contributed by atoms with Crippen molar-refractivity contribution in [1.82, 2.24) is 5.32 Å². The summed E-state index contributed by atoms with van der Waals surface area (Å²) in [5.74, 6) is -0.996. The van der Waals surface area contributed by atoms with Crippen molar-refractivity contribution in [3.63, 3.8) is 0 Å². The molecule has 0 heterocycles. The van der Waals surface area contributed by atoms with Gasteiger partial charge in [0, 0.05) is 6.61 Å². The number of aliphatic hydroxyl groups excluding tert-OH is 1. The minimum Gasteiger partial charge on any atom is -0.480 e. The van der Waals surface area contributed by atoms with E-state index in [0.29, 0.717) is 13.0 Å². The number of hydrogen-bond donors (Lipinski definition) is 5. The topological polar surface area (TPSA) is 133 Å². The van der Waals surface area contributed by atoms with Crippen molar-refractivity contribution in [2.75, 3.05) is 25.2 Å². The number of carboxylic acids is 2. The number of nitrogens with two attached hydrogens (primary N) is 1. The van der Waals surface area contributed by atoms with Gasteiger partial charge in [-0.3, -0.25) is 9.59 Å². The van der Waals surface area contributed by atoms with Crippen molar-refractivity contribution >= 4 is 23.7 Å². The molecular formula is C12H26N2O5S. The highest BCUT2D eigenvalue weighted by Crippen LogP contribution is 1.97. The molecule has 0 aromatic carbocycles. The first-order chi connectivity index (χ1) is 9.40. The number of carbonyl (C=O) groups is 2. The molecular weight excluding hydrogens is 284 g/mol. The van der Waals surface area contributed by atoms with Crippen LogP contribution in [0.3, 0.4) is 0 Å². The van der Waals surface area contributed by atoms with Gasteiger partial charge in [-0.1, -0.05) is 6.92 Å². The van der Waals surface area contributed by atoms with Gasteiger partial charge in [0.15, 0.2) is 0 Å². The summed E-state index contributed by atoms with van der Waals surface area (Å²) < 4.78 is 0. The van der Waals surface area contributed by atoms with E-state index in [0.717, 1.165) is 12.2 Å². The lowest BCUT2D eigenvalue weighted by Crippen LogP contribution is -2.37.